The minimum absolute atomic E-state index is 0.197. The maximum absolute atomic E-state index is 12.0. The van der Waals surface area contributed by atoms with Gasteiger partial charge in [-0.15, -0.1) is 11.3 Å². The largest absolute Gasteiger partial charge is 0.453 e. The predicted octanol–water partition coefficient (Wildman–Crippen LogP) is 3.80. The summed E-state index contributed by atoms with van der Waals surface area (Å²) in [4.78, 5) is 28.5. The second-order valence-corrected chi connectivity index (χ2v) is 6.68. The van der Waals surface area contributed by atoms with Crippen molar-refractivity contribution >= 4 is 39.1 Å². The standard InChI is InChI=1S/C19H18N2O3S/c1-13(19(23)20-14-7-3-2-4-8-14)24-18(22)12-11-17-21-15-9-5-6-10-16(15)25-17/h2-10,13H,11-12H2,1H3,(H,20,23)/t13-/m1/s1. The molecular weight excluding hydrogens is 336 g/mol. The molecule has 0 saturated carbocycles. The highest BCUT2D eigenvalue weighted by atomic mass is 32.1. The van der Waals surface area contributed by atoms with Gasteiger partial charge < -0.3 is 10.1 Å². The van der Waals surface area contributed by atoms with Crippen LogP contribution in [0.15, 0.2) is 54.6 Å². The van der Waals surface area contributed by atoms with Crippen molar-refractivity contribution in [3.8, 4) is 0 Å². The molecule has 25 heavy (non-hydrogen) atoms. The second-order valence-electron chi connectivity index (χ2n) is 5.56. The third-order valence-corrected chi connectivity index (χ3v) is 4.70. The van der Waals surface area contributed by atoms with Crippen LogP contribution in [-0.2, 0) is 20.7 Å². The number of carbonyl (C=O) groups excluding carboxylic acids is 2. The molecule has 6 heteroatoms. The van der Waals surface area contributed by atoms with Gasteiger partial charge in [0.1, 0.15) is 0 Å². The Hall–Kier alpha value is -2.73. The predicted molar refractivity (Wildman–Crippen MR) is 98.6 cm³/mol. The van der Waals surface area contributed by atoms with Crippen molar-refractivity contribution in [2.24, 2.45) is 0 Å². The highest BCUT2D eigenvalue weighted by Gasteiger charge is 2.18. The van der Waals surface area contributed by atoms with Gasteiger partial charge in [0.2, 0.25) is 0 Å². The number of benzene rings is 2. The lowest BCUT2D eigenvalue weighted by atomic mass is 10.3. The number of anilines is 1. The van der Waals surface area contributed by atoms with E-state index in [0.717, 1.165) is 15.2 Å². The Morgan fingerprint density at radius 1 is 1.12 bits per heavy atom. The molecule has 1 amide bonds. The highest BCUT2D eigenvalue weighted by molar-refractivity contribution is 7.18. The first-order valence-electron chi connectivity index (χ1n) is 8.01. The topological polar surface area (TPSA) is 68.3 Å². The Bertz CT molecular complexity index is 844. The number of ether oxygens (including phenoxy) is 1. The van der Waals surface area contributed by atoms with E-state index in [1.807, 2.05) is 42.5 Å². The normalized spacial score (nSPS) is 11.9. The van der Waals surface area contributed by atoms with Crippen molar-refractivity contribution in [1.82, 2.24) is 4.98 Å². The molecule has 0 radical (unpaired) electrons. The van der Waals surface area contributed by atoms with Crippen molar-refractivity contribution in [2.75, 3.05) is 5.32 Å². The lowest BCUT2D eigenvalue weighted by molar-refractivity contribution is -0.153. The molecular formula is C19H18N2O3S. The van der Waals surface area contributed by atoms with Gasteiger partial charge in [-0.05, 0) is 31.2 Å². The maximum Gasteiger partial charge on any atom is 0.306 e. The molecule has 5 nitrogen and oxygen atoms in total. The molecule has 0 spiro atoms. The van der Waals surface area contributed by atoms with Gasteiger partial charge in [0.15, 0.2) is 6.10 Å². The molecule has 128 valence electrons. The number of hydrogen-bond donors (Lipinski definition) is 1. The van der Waals surface area contributed by atoms with Gasteiger partial charge in [0, 0.05) is 12.1 Å². The van der Waals surface area contributed by atoms with E-state index in [2.05, 4.69) is 10.3 Å². The smallest absolute Gasteiger partial charge is 0.306 e. The molecule has 0 unspecified atom stereocenters. The minimum atomic E-state index is -0.844. The number of amides is 1. The SMILES string of the molecule is C[C@@H](OC(=O)CCc1nc2ccccc2s1)C(=O)Nc1ccccc1. The summed E-state index contributed by atoms with van der Waals surface area (Å²) in [5.74, 6) is -0.755. The molecule has 3 aromatic rings. The van der Waals surface area contributed by atoms with Gasteiger partial charge in [-0.3, -0.25) is 9.59 Å². The van der Waals surface area contributed by atoms with Crippen molar-refractivity contribution in [1.29, 1.82) is 0 Å². The van der Waals surface area contributed by atoms with Gasteiger partial charge in [0.05, 0.1) is 21.6 Å². The van der Waals surface area contributed by atoms with E-state index in [4.69, 9.17) is 4.74 Å². The number of esters is 1. The summed E-state index contributed by atoms with van der Waals surface area (Å²) in [6.45, 7) is 1.56. The Kier molecular flexibility index (Phi) is 5.40. The number of nitrogens with one attached hydrogen (secondary N) is 1. The van der Waals surface area contributed by atoms with Crippen LogP contribution in [0.3, 0.4) is 0 Å². The van der Waals surface area contributed by atoms with Crippen molar-refractivity contribution in [2.45, 2.75) is 25.9 Å². The maximum atomic E-state index is 12.0. The quantitative estimate of drug-likeness (QED) is 0.684. The van der Waals surface area contributed by atoms with Crippen LogP contribution in [0.4, 0.5) is 5.69 Å². The number of carbonyl (C=O) groups is 2. The Morgan fingerprint density at radius 2 is 1.84 bits per heavy atom. The molecule has 3 rings (SSSR count). The van der Waals surface area contributed by atoms with Crippen LogP contribution in [-0.4, -0.2) is 23.0 Å². The summed E-state index contributed by atoms with van der Waals surface area (Å²) in [6, 6.07) is 16.9. The van der Waals surface area contributed by atoms with Crippen molar-refractivity contribution in [3.05, 3.63) is 59.6 Å². The summed E-state index contributed by atoms with van der Waals surface area (Å²) in [6.07, 6.45) is -0.142. The van der Waals surface area contributed by atoms with Crippen LogP contribution in [0.25, 0.3) is 10.2 Å². The zero-order chi connectivity index (χ0) is 17.6. The van der Waals surface area contributed by atoms with E-state index >= 15 is 0 Å². The Morgan fingerprint density at radius 3 is 2.60 bits per heavy atom. The fourth-order valence-electron chi connectivity index (χ4n) is 2.31. The Labute approximate surface area is 149 Å². The first-order valence-corrected chi connectivity index (χ1v) is 8.83. The zero-order valence-corrected chi connectivity index (χ0v) is 14.6. The van der Waals surface area contributed by atoms with Crippen molar-refractivity contribution < 1.29 is 14.3 Å². The van der Waals surface area contributed by atoms with Gasteiger partial charge in [-0.2, -0.15) is 0 Å². The summed E-state index contributed by atoms with van der Waals surface area (Å²) in [5, 5.41) is 3.60. The first-order chi connectivity index (χ1) is 12.1. The van der Waals surface area contributed by atoms with E-state index in [-0.39, 0.29) is 12.3 Å². The fourth-order valence-corrected chi connectivity index (χ4v) is 3.28. The van der Waals surface area contributed by atoms with Gasteiger partial charge in [0.25, 0.3) is 5.91 Å². The Balaban J connectivity index is 1.49. The number of hydrogen-bond acceptors (Lipinski definition) is 5. The third kappa shape index (κ3) is 4.64. The zero-order valence-electron chi connectivity index (χ0n) is 13.8. The minimum Gasteiger partial charge on any atom is -0.453 e. The molecule has 0 aliphatic carbocycles. The van der Waals surface area contributed by atoms with Crippen LogP contribution >= 0.6 is 11.3 Å². The van der Waals surface area contributed by atoms with E-state index in [1.165, 1.54) is 0 Å². The van der Waals surface area contributed by atoms with Crippen molar-refractivity contribution in [3.63, 3.8) is 0 Å². The van der Waals surface area contributed by atoms with Gasteiger partial charge in [-0.25, -0.2) is 4.98 Å². The number of para-hydroxylation sites is 2. The molecule has 0 saturated heterocycles. The number of rotatable bonds is 6. The van der Waals surface area contributed by atoms with E-state index in [1.54, 1.807) is 30.4 Å². The lowest BCUT2D eigenvalue weighted by Crippen LogP contribution is -2.30. The van der Waals surface area contributed by atoms with Crippen LogP contribution in [0, 0.1) is 0 Å². The molecule has 2 aromatic carbocycles. The second kappa shape index (κ2) is 7.90. The molecule has 0 aliphatic rings. The number of fused-ring (bicyclic) bond motifs is 1. The third-order valence-electron chi connectivity index (χ3n) is 3.60. The van der Waals surface area contributed by atoms with E-state index in [0.29, 0.717) is 12.1 Å². The van der Waals surface area contributed by atoms with Crippen LogP contribution < -0.4 is 5.32 Å². The number of aromatic nitrogens is 1. The number of aryl methyl sites for hydroxylation is 1. The number of nitrogens with zero attached hydrogens (tertiary/aromatic N) is 1. The fraction of sp³-hybridized carbons (Fsp3) is 0.211. The van der Waals surface area contributed by atoms with Gasteiger partial charge in [-0.1, -0.05) is 30.3 Å². The molecule has 0 bridgehead atoms. The molecule has 1 atom stereocenters. The molecule has 1 heterocycles. The first kappa shape index (κ1) is 17.1. The van der Waals surface area contributed by atoms with Crippen LogP contribution in [0.2, 0.25) is 0 Å². The molecule has 1 N–H and O–H groups in total. The average Bonchev–Trinajstić information content (AvgIpc) is 3.04. The van der Waals surface area contributed by atoms with Gasteiger partial charge >= 0.3 is 5.97 Å². The lowest BCUT2D eigenvalue weighted by Gasteiger charge is -2.13. The van der Waals surface area contributed by atoms with Crippen LogP contribution in [0.5, 0.6) is 0 Å². The molecule has 0 fully saturated rings. The highest BCUT2D eigenvalue weighted by Crippen LogP contribution is 2.22. The number of thiazole rings is 1. The summed E-state index contributed by atoms with van der Waals surface area (Å²) in [5.41, 5.74) is 1.61. The summed E-state index contributed by atoms with van der Waals surface area (Å²) in [7, 11) is 0. The van der Waals surface area contributed by atoms with Crippen LogP contribution in [0.1, 0.15) is 18.4 Å². The summed E-state index contributed by atoms with van der Waals surface area (Å²) >= 11 is 1.57. The average molecular weight is 354 g/mol. The monoisotopic (exact) mass is 354 g/mol. The van der Waals surface area contributed by atoms with E-state index in [9.17, 15) is 9.59 Å². The molecule has 0 aliphatic heterocycles. The molecule has 1 aromatic heterocycles. The summed E-state index contributed by atoms with van der Waals surface area (Å²) < 4.78 is 6.30. The van der Waals surface area contributed by atoms with E-state index < -0.39 is 12.1 Å².